The van der Waals surface area contributed by atoms with E-state index in [0.29, 0.717) is 35.7 Å². The fourth-order valence-corrected chi connectivity index (χ4v) is 5.19. The van der Waals surface area contributed by atoms with Crippen LogP contribution in [0.5, 0.6) is 5.75 Å². The number of nitrogens with zero attached hydrogens (tertiary/aromatic N) is 3. The Balaban J connectivity index is 1.60. The lowest BCUT2D eigenvalue weighted by Gasteiger charge is -2.14. The van der Waals surface area contributed by atoms with Crippen LogP contribution in [-0.4, -0.2) is 43.5 Å². The molecule has 0 saturated carbocycles. The Morgan fingerprint density at radius 1 is 1.31 bits per heavy atom. The van der Waals surface area contributed by atoms with Gasteiger partial charge in [0.1, 0.15) is 5.75 Å². The molecule has 1 atom stereocenters. The molecule has 10 nitrogen and oxygen atoms in total. The van der Waals surface area contributed by atoms with Crippen molar-refractivity contribution in [1.82, 2.24) is 14.9 Å². The Morgan fingerprint density at radius 3 is 2.83 bits per heavy atom. The molecule has 1 aromatic heterocycles. The van der Waals surface area contributed by atoms with Crippen molar-refractivity contribution in [2.75, 3.05) is 12.9 Å². The molecule has 0 spiro atoms. The predicted octanol–water partition coefficient (Wildman–Crippen LogP) is 3.82. The predicted molar refractivity (Wildman–Crippen MR) is 127 cm³/mol. The van der Waals surface area contributed by atoms with Crippen molar-refractivity contribution >= 4 is 21.7 Å². The van der Waals surface area contributed by atoms with Crippen LogP contribution in [0.25, 0.3) is 27.7 Å². The summed E-state index contributed by atoms with van der Waals surface area (Å²) in [6.07, 6.45) is 1.07. The van der Waals surface area contributed by atoms with Gasteiger partial charge in [-0.05, 0) is 56.0 Å². The molecule has 0 saturated heterocycles. The largest absolute Gasteiger partial charge is 0.502 e. The van der Waals surface area contributed by atoms with E-state index in [9.17, 15) is 13.2 Å². The number of rotatable bonds is 8. The Labute approximate surface area is 203 Å². The van der Waals surface area contributed by atoms with E-state index in [-0.39, 0.29) is 12.0 Å². The molecule has 182 valence electrons. The summed E-state index contributed by atoms with van der Waals surface area (Å²) < 4.78 is 42.9. The Bertz CT molecular complexity index is 1410. The number of carbonyl (C=O) groups excluding carboxylic acids is 1. The van der Waals surface area contributed by atoms with Crippen molar-refractivity contribution in [3.63, 3.8) is 0 Å². The molecule has 35 heavy (non-hydrogen) atoms. The lowest BCUT2D eigenvalue weighted by atomic mass is 10.0. The first-order valence-corrected chi connectivity index (χ1v) is 12.6. The van der Waals surface area contributed by atoms with Gasteiger partial charge >= 0.3 is 5.97 Å². The van der Waals surface area contributed by atoms with E-state index < -0.39 is 27.8 Å². The number of hydrogen-bond acceptors (Lipinski definition) is 8. The molecule has 0 amide bonds. The number of hydrogen-bond donors (Lipinski definition) is 1. The molecule has 1 aliphatic carbocycles. The average molecular weight is 497 g/mol. The van der Waals surface area contributed by atoms with Crippen LogP contribution in [0.15, 0.2) is 40.9 Å². The molecule has 0 unspecified atom stereocenters. The minimum absolute atomic E-state index is 0.0645. The Morgan fingerprint density at radius 2 is 2.11 bits per heavy atom. The van der Waals surface area contributed by atoms with E-state index in [1.165, 1.54) is 0 Å². The fraction of sp³-hybridized carbons (Fsp3) is 0.333. The highest BCUT2D eigenvalue weighted by molar-refractivity contribution is 7.90. The van der Waals surface area contributed by atoms with Gasteiger partial charge in [-0.3, -0.25) is 4.79 Å². The second-order valence-electron chi connectivity index (χ2n) is 8.30. The van der Waals surface area contributed by atoms with E-state index in [1.54, 1.807) is 24.3 Å². The molecular weight excluding hydrogens is 472 g/mol. The summed E-state index contributed by atoms with van der Waals surface area (Å²) in [6, 6.07) is 10.1. The molecule has 4 rings (SSSR count). The van der Waals surface area contributed by atoms with Crippen LogP contribution in [0.2, 0.25) is 0 Å². The van der Waals surface area contributed by atoms with Crippen molar-refractivity contribution in [3.8, 4) is 28.6 Å². The van der Waals surface area contributed by atoms with Gasteiger partial charge in [-0.15, -0.1) is 0 Å². The van der Waals surface area contributed by atoms with Crippen molar-refractivity contribution in [3.05, 3.63) is 58.9 Å². The number of carbonyl (C=O) groups is 1. The lowest BCUT2D eigenvalue weighted by Crippen LogP contribution is -2.33. The minimum Gasteiger partial charge on any atom is -0.502 e. The SMILES string of the molecule is [C-]#[N+]c1cc(-c2nc(-c3cccc4c3CC[C@@H]4NS(=O)(=O)CC(=O)OC)no2)ccc1OC(C)C. The number of methoxy groups -OCH3 is 1. The highest BCUT2D eigenvalue weighted by Crippen LogP contribution is 2.38. The van der Waals surface area contributed by atoms with Gasteiger partial charge < -0.3 is 14.0 Å². The summed E-state index contributed by atoms with van der Waals surface area (Å²) in [5.41, 5.74) is 3.38. The molecule has 0 bridgehead atoms. The quantitative estimate of drug-likeness (QED) is 0.369. The monoisotopic (exact) mass is 496 g/mol. The van der Waals surface area contributed by atoms with Gasteiger partial charge in [-0.1, -0.05) is 23.4 Å². The number of ether oxygens (including phenoxy) is 2. The maximum absolute atomic E-state index is 12.3. The number of fused-ring (bicyclic) bond motifs is 1. The summed E-state index contributed by atoms with van der Waals surface area (Å²) in [4.78, 5) is 19.5. The Kier molecular flexibility index (Phi) is 6.86. The topological polar surface area (TPSA) is 125 Å². The Hall–Kier alpha value is -3.75. The summed E-state index contributed by atoms with van der Waals surface area (Å²) in [6.45, 7) is 11.2. The number of benzene rings is 2. The summed E-state index contributed by atoms with van der Waals surface area (Å²) in [5, 5.41) is 4.12. The molecule has 1 heterocycles. The van der Waals surface area contributed by atoms with Crippen LogP contribution < -0.4 is 9.46 Å². The van der Waals surface area contributed by atoms with Gasteiger partial charge in [-0.2, -0.15) is 4.98 Å². The van der Waals surface area contributed by atoms with Crippen LogP contribution in [-0.2, 0) is 26.0 Å². The lowest BCUT2D eigenvalue weighted by molar-refractivity contribution is -0.137. The summed E-state index contributed by atoms with van der Waals surface area (Å²) in [5.74, 6) is -0.459. The third kappa shape index (κ3) is 5.34. The molecule has 1 N–H and O–H groups in total. The standard InChI is InChI=1S/C24H24N4O6S/c1-14(2)33-21-11-8-15(12-20(21)25-3)24-26-23(27-34-24)18-7-5-6-17-16(18)9-10-19(17)28-35(30,31)13-22(29)32-4/h5-8,11-12,14,19,28H,9-10,13H2,1-2,4H3/t19-/m0/s1. The first kappa shape index (κ1) is 24.4. The van der Waals surface area contributed by atoms with E-state index in [2.05, 4.69) is 24.4 Å². The van der Waals surface area contributed by atoms with Gasteiger partial charge in [-0.25, -0.2) is 18.0 Å². The van der Waals surface area contributed by atoms with E-state index in [1.807, 2.05) is 26.0 Å². The van der Waals surface area contributed by atoms with Gasteiger partial charge in [0, 0.05) is 17.2 Å². The molecular formula is C24H24N4O6S. The highest BCUT2D eigenvalue weighted by Gasteiger charge is 2.30. The molecule has 0 fully saturated rings. The number of esters is 1. The molecule has 0 radical (unpaired) electrons. The van der Waals surface area contributed by atoms with Gasteiger partial charge in [0.2, 0.25) is 21.5 Å². The number of aromatic nitrogens is 2. The van der Waals surface area contributed by atoms with Gasteiger partial charge in [0.25, 0.3) is 5.89 Å². The molecule has 11 heteroatoms. The second-order valence-corrected chi connectivity index (χ2v) is 10.1. The fourth-order valence-electron chi connectivity index (χ4n) is 4.00. The minimum atomic E-state index is -3.86. The van der Waals surface area contributed by atoms with Crippen molar-refractivity contribution in [1.29, 1.82) is 0 Å². The van der Waals surface area contributed by atoms with E-state index in [0.717, 1.165) is 23.8 Å². The molecule has 3 aromatic rings. The molecule has 0 aliphatic heterocycles. The van der Waals surface area contributed by atoms with Gasteiger partial charge in [0.05, 0.1) is 19.8 Å². The molecule has 2 aromatic carbocycles. The first-order chi connectivity index (χ1) is 16.7. The van der Waals surface area contributed by atoms with Crippen LogP contribution in [0.4, 0.5) is 5.69 Å². The van der Waals surface area contributed by atoms with Gasteiger partial charge in [0.15, 0.2) is 5.75 Å². The summed E-state index contributed by atoms with van der Waals surface area (Å²) >= 11 is 0. The highest BCUT2D eigenvalue weighted by atomic mass is 32.2. The van der Waals surface area contributed by atoms with E-state index >= 15 is 0 Å². The van der Waals surface area contributed by atoms with E-state index in [4.69, 9.17) is 15.8 Å². The smallest absolute Gasteiger partial charge is 0.322 e. The molecule has 1 aliphatic rings. The third-order valence-electron chi connectivity index (χ3n) is 5.48. The van der Waals surface area contributed by atoms with Crippen molar-refractivity contribution < 1.29 is 27.2 Å². The van der Waals surface area contributed by atoms with Crippen LogP contribution in [0, 0.1) is 6.57 Å². The average Bonchev–Trinajstić information content (AvgIpc) is 3.46. The maximum atomic E-state index is 12.3. The van der Waals surface area contributed by atoms with Crippen LogP contribution in [0.1, 0.15) is 37.4 Å². The van der Waals surface area contributed by atoms with Crippen molar-refractivity contribution in [2.24, 2.45) is 0 Å². The van der Waals surface area contributed by atoms with Crippen LogP contribution >= 0.6 is 0 Å². The number of sulfonamides is 1. The zero-order chi connectivity index (χ0) is 25.2. The third-order valence-corrected chi connectivity index (χ3v) is 6.74. The zero-order valence-corrected chi connectivity index (χ0v) is 20.3. The zero-order valence-electron chi connectivity index (χ0n) is 19.4. The first-order valence-electron chi connectivity index (χ1n) is 10.9. The summed E-state index contributed by atoms with van der Waals surface area (Å²) in [7, 11) is -2.71. The van der Waals surface area contributed by atoms with Crippen molar-refractivity contribution in [2.45, 2.75) is 38.8 Å². The van der Waals surface area contributed by atoms with Crippen LogP contribution in [0.3, 0.4) is 0 Å². The maximum Gasteiger partial charge on any atom is 0.322 e. The second kappa shape index (κ2) is 9.85. The normalized spacial score (nSPS) is 15.0. The number of nitrogens with one attached hydrogen (secondary N) is 1.